The molecule has 0 atom stereocenters. The molecule has 0 fully saturated rings. The Morgan fingerprint density at radius 3 is 3.17 bits per heavy atom. The molecule has 12 heavy (non-hydrogen) atoms. The second kappa shape index (κ2) is 2.04. The van der Waals surface area contributed by atoms with Gasteiger partial charge in [0.05, 0.1) is 4.70 Å². The lowest BCUT2D eigenvalue weighted by molar-refractivity contribution is 1.11. The third kappa shape index (κ3) is 0.648. The zero-order chi connectivity index (χ0) is 7.97. The lowest BCUT2D eigenvalue weighted by Crippen LogP contribution is -1.68. The molecule has 0 aliphatic heterocycles. The second-order valence-corrected chi connectivity index (χ2v) is 3.58. The van der Waals surface area contributed by atoms with Crippen molar-refractivity contribution in [2.75, 3.05) is 0 Å². The molecule has 0 spiro atoms. The van der Waals surface area contributed by atoms with E-state index >= 15 is 0 Å². The van der Waals surface area contributed by atoms with E-state index in [0.29, 0.717) is 0 Å². The smallest absolute Gasteiger partial charge is 0.178 e. The first-order valence-corrected chi connectivity index (χ1v) is 4.40. The highest BCUT2D eigenvalue weighted by Crippen LogP contribution is 2.23. The Hall–Kier alpha value is -1.42. The summed E-state index contributed by atoms with van der Waals surface area (Å²) in [6.07, 6.45) is 1.74. The summed E-state index contributed by atoms with van der Waals surface area (Å²) in [4.78, 5) is 0. The van der Waals surface area contributed by atoms with Gasteiger partial charge in [-0.25, -0.2) is 3.79 Å². The fourth-order valence-electron chi connectivity index (χ4n) is 1.30. The molecule has 4 heteroatoms. The molecule has 0 amide bonds. The first-order valence-electron chi connectivity index (χ1n) is 3.63. The Kier molecular flexibility index (Phi) is 1.04. The van der Waals surface area contributed by atoms with Gasteiger partial charge < -0.3 is 0 Å². The highest BCUT2D eigenvalue weighted by molar-refractivity contribution is 7.14. The molecule has 3 rings (SSSR count). The van der Waals surface area contributed by atoms with Crippen LogP contribution in [0.15, 0.2) is 30.6 Å². The van der Waals surface area contributed by atoms with Crippen molar-refractivity contribution in [1.29, 1.82) is 0 Å². The molecule has 0 aliphatic carbocycles. The first kappa shape index (κ1) is 6.14. The Labute approximate surface area is 72.4 Å². The van der Waals surface area contributed by atoms with Crippen molar-refractivity contribution in [3.63, 3.8) is 0 Å². The summed E-state index contributed by atoms with van der Waals surface area (Å²) in [6, 6.07) is 8.21. The van der Waals surface area contributed by atoms with E-state index in [9.17, 15) is 0 Å². The lowest BCUT2D eigenvalue weighted by Gasteiger charge is -1.82. The molecule has 2 aromatic heterocycles. The summed E-state index contributed by atoms with van der Waals surface area (Å²) < 4.78 is 3.23. The van der Waals surface area contributed by atoms with Crippen LogP contribution in [0, 0.1) is 0 Å². The molecule has 0 radical (unpaired) electrons. The topological polar surface area (TPSA) is 30.2 Å². The molecule has 0 bridgehead atoms. The average Bonchev–Trinajstić information content (AvgIpc) is 2.62. The van der Waals surface area contributed by atoms with Gasteiger partial charge in [0, 0.05) is 5.39 Å². The number of aromatic nitrogens is 3. The van der Waals surface area contributed by atoms with Crippen LogP contribution in [0.2, 0.25) is 0 Å². The zero-order valence-corrected chi connectivity index (χ0v) is 6.95. The van der Waals surface area contributed by atoms with Crippen LogP contribution in [-0.2, 0) is 0 Å². The minimum absolute atomic E-state index is 0.954. The number of fused-ring (bicyclic) bond motifs is 3. The van der Waals surface area contributed by atoms with Gasteiger partial charge >= 0.3 is 0 Å². The largest absolute Gasteiger partial charge is 0.234 e. The maximum Gasteiger partial charge on any atom is 0.178 e. The van der Waals surface area contributed by atoms with E-state index in [2.05, 4.69) is 22.3 Å². The van der Waals surface area contributed by atoms with Gasteiger partial charge in [0.25, 0.3) is 0 Å². The number of rotatable bonds is 0. The maximum absolute atomic E-state index is 4.03. The quantitative estimate of drug-likeness (QED) is 0.522. The molecule has 0 aliphatic rings. The van der Waals surface area contributed by atoms with Gasteiger partial charge in [0.2, 0.25) is 0 Å². The predicted octanol–water partition coefficient (Wildman–Crippen LogP) is 1.94. The highest BCUT2D eigenvalue weighted by atomic mass is 32.1. The second-order valence-electron chi connectivity index (χ2n) is 2.57. The third-order valence-electron chi connectivity index (χ3n) is 1.84. The molecule has 0 N–H and O–H groups in total. The molecule has 2 heterocycles. The third-order valence-corrected chi connectivity index (χ3v) is 2.86. The minimum atomic E-state index is 0.954. The highest BCUT2D eigenvalue weighted by Gasteiger charge is 2.03. The maximum atomic E-state index is 4.03. The lowest BCUT2D eigenvalue weighted by atomic mass is 10.3. The van der Waals surface area contributed by atoms with E-state index in [0.717, 1.165) is 5.65 Å². The number of hydrogen-bond donors (Lipinski definition) is 0. The average molecular weight is 175 g/mol. The van der Waals surface area contributed by atoms with Crippen LogP contribution < -0.4 is 0 Å². The van der Waals surface area contributed by atoms with Gasteiger partial charge in [-0.05, 0) is 12.1 Å². The van der Waals surface area contributed by atoms with E-state index in [1.54, 1.807) is 17.9 Å². The standard InChI is InChI=1S/C8H5N3S/c1-2-4-7-6(3-1)8-10-9-5-11(8)12-7/h1-5H. The summed E-state index contributed by atoms with van der Waals surface area (Å²) >= 11 is 1.66. The van der Waals surface area contributed by atoms with Gasteiger partial charge in [-0.2, -0.15) is 0 Å². The monoisotopic (exact) mass is 175 g/mol. The van der Waals surface area contributed by atoms with Crippen molar-refractivity contribution < 1.29 is 0 Å². The summed E-state index contributed by atoms with van der Waals surface area (Å²) in [5, 5.41) is 9.05. The van der Waals surface area contributed by atoms with Crippen LogP contribution in [0.3, 0.4) is 0 Å². The Morgan fingerprint density at radius 2 is 2.17 bits per heavy atom. The van der Waals surface area contributed by atoms with E-state index in [1.165, 1.54) is 10.1 Å². The summed E-state index contributed by atoms with van der Waals surface area (Å²) in [6.45, 7) is 0. The molecule has 1 aromatic carbocycles. The summed E-state index contributed by atoms with van der Waals surface area (Å²) in [5.74, 6) is 0. The fourth-order valence-corrected chi connectivity index (χ4v) is 2.22. The normalized spacial score (nSPS) is 11.3. The van der Waals surface area contributed by atoms with E-state index in [1.807, 2.05) is 15.9 Å². The molecule has 0 unspecified atom stereocenters. The van der Waals surface area contributed by atoms with E-state index < -0.39 is 0 Å². The molecular formula is C8H5N3S. The van der Waals surface area contributed by atoms with Gasteiger partial charge in [-0.3, -0.25) is 0 Å². The van der Waals surface area contributed by atoms with Crippen LogP contribution in [0.1, 0.15) is 0 Å². The number of benzene rings is 1. The van der Waals surface area contributed by atoms with Crippen molar-refractivity contribution in [2.24, 2.45) is 0 Å². The molecular weight excluding hydrogens is 170 g/mol. The molecule has 0 saturated heterocycles. The zero-order valence-electron chi connectivity index (χ0n) is 6.14. The number of nitrogens with zero attached hydrogens (tertiary/aromatic N) is 3. The van der Waals surface area contributed by atoms with Crippen molar-refractivity contribution in [3.8, 4) is 0 Å². The minimum Gasteiger partial charge on any atom is -0.234 e. The van der Waals surface area contributed by atoms with Gasteiger partial charge in [0.1, 0.15) is 6.33 Å². The summed E-state index contributed by atoms with van der Waals surface area (Å²) in [7, 11) is 0. The molecule has 0 saturated carbocycles. The molecule has 3 aromatic rings. The van der Waals surface area contributed by atoms with Gasteiger partial charge in [-0.1, -0.05) is 23.7 Å². The van der Waals surface area contributed by atoms with Crippen molar-refractivity contribution in [1.82, 2.24) is 14.0 Å². The predicted molar refractivity (Wildman–Crippen MR) is 48.4 cm³/mol. The number of hydrogen-bond acceptors (Lipinski definition) is 3. The van der Waals surface area contributed by atoms with Crippen molar-refractivity contribution in [2.45, 2.75) is 0 Å². The van der Waals surface area contributed by atoms with Crippen LogP contribution in [-0.4, -0.2) is 14.0 Å². The SMILES string of the molecule is c1ccc2c(c1)sn1cnnc21. The van der Waals surface area contributed by atoms with Crippen molar-refractivity contribution >= 4 is 27.3 Å². The van der Waals surface area contributed by atoms with Crippen LogP contribution in [0.5, 0.6) is 0 Å². The first-order chi connectivity index (χ1) is 5.95. The van der Waals surface area contributed by atoms with E-state index in [-0.39, 0.29) is 0 Å². The van der Waals surface area contributed by atoms with Crippen LogP contribution >= 0.6 is 11.5 Å². The molecule has 3 nitrogen and oxygen atoms in total. The van der Waals surface area contributed by atoms with Crippen LogP contribution in [0.4, 0.5) is 0 Å². The van der Waals surface area contributed by atoms with E-state index in [4.69, 9.17) is 0 Å². The molecule has 58 valence electrons. The Morgan fingerprint density at radius 1 is 1.25 bits per heavy atom. The Balaban J connectivity index is 2.68. The van der Waals surface area contributed by atoms with Crippen LogP contribution in [0.25, 0.3) is 15.7 Å². The Bertz CT molecular complexity index is 536. The summed E-state index contributed by atoms with van der Waals surface area (Å²) in [5.41, 5.74) is 0.954. The van der Waals surface area contributed by atoms with Gasteiger partial charge in [-0.15, -0.1) is 10.2 Å². The van der Waals surface area contributed by atoms with Gasteiger partial charge in [0.15, 0.2) is 5.65 Å². The fraction of sp³-hybridized carbons (Fsp3) is 0. The van der Waals surface area contributed by atoms with Crippen molar-refractivity contribution in [3.05, 3.63) is 30.6 Å².